The van der Waals surface area contributed by atoms with E-state index in [0.29, 0.717) is 12.3 Å². The molecule has 1 aliphatic heterocycles. The fourth-order valence-corrected chi connectivity index (χ4v) is 4.22. The highest BCUT2D eigenvalue weighted by molar-refractivity contribution is 5.79. The molecular formula is C28H40N2O3. The summed E-state index contributed by atoms with van der Waals surface area (Å²) < 4.78 is 0. The van der Waals surface area contributed by atoms with Gasteiger partial charge in [0, 0.05) is 6.42 Å². The smallest absolute Gasteiger partial charge is 0.332 e. The Labute approximate surface area is 199 Å². The molecule has 0 unspecified atom stereocenters. The first-order valence-corrected chi connectivity index (χ1v) is 12.0. The van der Waals surface area contributed by atoms with E-state index >= 15 is 0 Å². The summed E-state index contributed by atoms with van der Waals surface area (Å²) in [4.78, 5) is 28.9. The fourth-order valence-electron chi connectivity index (χ4n) is 4.22. The molecule has 5 heteroatoms. The molecular weight excluding hydrogens is 412 g/mol. The van der Waals surface area contributed by atoms with Gasteiger partial charge < -0.3 is 10.2 Å². The van der Waals surface area contributed by atoms with E-state index < -0.39 is 0 Å². The number of hydroxylamine groups is 1. The van der Waals surface area contributed by atoms with Crippen molar-refractivity contribution in [2.45, 2.75) is 71.6 Å². The van der Waals surface area contributed by atoms with E-state index in [4.69, 9.17) is 4.84 Å². The molecule has 0 radical (unpaired) electrons. The molecule has 0 aliphatic carbocycles. The number of benzene rings is 2. The second-order valence-electron chi connectivity index (χ2n) is 8.77. The van der Waals surface area contributed by atoms with Crippen LogP contribution in [0.4, 0.5) is 0 Å². The lowest BCUT2D eigenvalue weighted by Crippen LogP contribution is -2.29. The predicted molar refractivity (Wildman–Crippen MR) is 134 cm³/mol. The Kier molecular flexibility index (Phi) is 12.3. The fraction of sp³-hybridized carbons (Fsp3) is 0.500. The van der Waals surface area contributed by atoms with Crippen molar-refractivity contribution < 1.29 is 14.4 Å². The molecule has 2 aromatic carbocycles. The van der Waals surface area contributed by atoms with E-state index in [1.807, 2.05) is 18.2 Å². The number of unbranched alkanes of at least 4 members (excludes halogenated alkanes) is 1. The van der Waals surface area contributed by atoms with E-state index in [1.54, 1.807) is 0 Å². The Bertz CT molecular complexity index is 815. The first kappa shape index (κ1) is 26.6. The van der Waals surface area contributed by atoms with Crippen LogP contribution >= 0.6 is 0 Å². The SMILES string of the molecule is C.O=C(Cc1ccc(CCCCc2ccccc2)cc1)NOC(=O)CCCC1CCNCC1. The van der Waals surface area contributed by atoms with Crippen molar-refractivity contribution in [1.82, 2.24) is 10.8 Å². The Balaban J connectivity index is 0.00000385. The van der Waals surface area contributed by atoms with Crippen LogP contribution in [0.3, 0.4) is 0 Å². The molecule has 0 bridgehead atoms. The highest BCUT2D eigenvalue weighted by Gasteiger charge is 2.14. The van der Waals surface area contributed by atoms with Crippen LogP contribution in [-0.4, -0.2) is 25.0 Å². The summed E-state index contributed by atoms with van der Waals surface area (Å²) in [7, 11) is 0. The van der Waals surface area contributed by atoms with Gasteiger partial charge in [-0.05, 0) is 87.1 Å². The largest absolute Gasteiger partial charge is 0.341 e. The lowest BCUT2D eigenvalue weighted by molar-refractivity contribution is -0.158. The average Bonchev–Trinajstić information content (AvgIpc) is 2.83. The minimum atomic E-state index is -0.363. The molecule has 3 rings (SSSR count). The van der Waals surface area contributed by atoms with E-state index in [0.717, 1.165) is 57.2 Å². The summed E-state index contributed by atoms with van der Waals surface area (Å²) in [5.41, 5.74) is 5.87. The number of piperidine rings is 1. The molecule has 1 fully saturated rings. The summed E-state index contributed by atoms with van der Waals surface area (Å²) in [6.45, 7) is 2.14. The zero-order valence-electron chi connectivity index (χ0n) is 19.0. The Morgan fingerprint density at radius 3 is 2.12 bits per heavy atom. The van der Waals surface area contributed by atoms with Crippen LogP contribution in [0.25, 0.3) is 0 Å². The maximum Gasteiger partial charge on any atom is 0.332 e. The van der Waals surface area contributed by atoms with Crippen molar-refractivity contribution in [1.29, 1.82) is 0 Å². The van der Waals surface area contributed by atoms with E-state index in [1.165, 1.54) is 24.0 Å². The third kappa shape index (κ3) is 10.7. The Hall–Kier alpha value is -2.66. The Morgan fingerprint density at radius 2 is 1.45 bits per heavy atom. The summed E-state index contributed by atoms with van der Waals surface area (Å²) in [5.74, 6) is 0.0379. The van der Waals surface area contributed by atoms with Crippen molar-refractivity contribution in [3.8, 4) is 0 Å². The predicted octanol–water partition coefficient (Wildman–Crippen LogP) is 5.17. The van der Waals surface area contributed by atoms with Gasteiger partial charge in [0.15, 0.2) is 0 Å². The molecule has 0 aromatic heterocycles. The van der Waals surface area contributed by atoms with Crippen LogP contribution in [0.15, 0.2) is 54.6 Å². The topological polar surface area (TPSA) is 67.4 Å². The summed E-state index contributed by atoms with van der Waals surface area (Å²) in [5, 5.41) is 3.35. The second kappa shape index (κ2) is 15.2. The summed E-state index contributed by atoms with van der Waals surface area (Å²) in [6.07, 6.45) is 9.22. The van der Waals surface area contributed by atoms with E-state index in [9.17, 15) is 9.59 Å². The maximum absolute atomic E-state index is 12.1. The van der Waals surface area contributed by atoms with E-state index in [2.05, 4.69) is 47.2 Å². The molecule has 0 spiro atoms. The van der Waals surface area contributed by atoms with Gasteiger partial charge in [0.2, 0.25) is 0 Å². The number of nitrogens with one attached hydrogen (secondary N) is 2. The molecule has 1 aliphatic rings. The number of amides is 1. The maximum atomic E-state index is 12.1. The van der Waals surface area contributed by atoms with Gasteiger partial charge in [0.1, 0.15) is 0 Å². The van der Waals surface area contributed by atoms with Crippen LogP contribution in [0.1, 0.15) is 69.1 Å². The number of rotatable bonds is 11. The molecule has 1 heterocycles. The number of hydrogen-bond donors (Lipinski definition) is 2. The van der Waals surface area contributed by atoms with Crippen LogP contribution in [0.2, 0.25) is 0 Å². The van der Waals surface area contributed by atoms with Crippen molar-refractivity contribution in [2.75, 3.05) is 13.1 Å². The van der Waals surface area contributed by atoms with Gasteiger partial charge >= 0.3 is 5.97 Å². The number of hydrogen-bond acceptors (Lipinski definition) is 4. The molecule has 2 N–H and O–H groups in total. The lowest BCUT2D eigenvalue weighted by atomic mass is 9.92. The average molecular weight is 453 g/mol. The molecule has 1 saturated heterocycles. The van der Waals surface area contributed by atoms with Crippen LogP contribution in [0, 0.1) is 5.92 Å². The first-order valence-electron chi connectivity index (χ1n) is 12.0. The zero-order valence-corrected chi connectivity index (χ0v) is 19.0. The standard InChI is InChI=1S/C27H36N2O3.CH4/c30-26(29-32-27(31)12-6-11-24-17-19-28-20-18-24)21-25-15-13-23(14-16-25)10-5-4-9-22-7-2-1-3-8-22;/h1-3,7-8,13-16,24,28H,4-6,9-12,17-21H2,(H,29,30);1H4. The van der Waals surface area contributed by atoms with Gasteiger partial charge in [-0.1, -0.05) is 62.0 Å². The van der Waals surface area contributed by atoms with Crippen LogP contribution in [-0.2, 0) is 33.7 Å². The quantitative estimate of drug-likeness (QED) is 0.364. The van der Waals surface area contributed by atoms with Crippen LogP contribution in [0.5, 0.6) is 0 Å². The molecule has 0 saturated carbocycles. The van der Waals surface area contributed by atoms with Crippen molar-refractivity contribution in [3.05, 3.63) is 71.3 Å². The molecule has 5 nitrogen and oxygen atoms in total. The van der Waals surface area contributed by atoms with Crippen molar-refractivity contribution in [2.24, 2.45) is 5.92 Å². The van der Waals surface area contributed by atoms with Crippen molar-refractivity contribution in [3.63, 3.8) is 0 Å². The summed E-state index contributed by atoms with van der Waals surface area (Å²) in [6, 6.07) is 18.7. The zero-order chi connectivity index (χ0) is 22.4. The minimum absolute atomic E-state index is 0. The number of carbonyl (C=O) groups excluding carboxylic acids is 2. The normalized spacial score (nSPS) is 13.7. The molecule has 33 heavy (non-hydrogen) atoms. The van der Waals surface area contributed by atoms with Crippen molar-refractivity contribution >= 4 is 11.9 Å². The van der Waals surface area contributed by atoms with Gasteiger partial charge in [0.05, 0.1) is 6.42 Å². The van der Waals surface area contributed by atoms with Gasteiger partial charge in [0.25, 0.3) is 5.91 Å². The highest BCUT2D eigenvalue weighted by Crippen LogP contribution is 2.18. The van der Waals surface area contributed by atoms with Gasteiger partial charge in [-0.3, -0.25) is 4.79 Å². The first-order chi connectivity index (χ1) is 15.7. The number of aryl methyl sites for hydroxylation is 2. The molecule has 0 atom stereocenters. The highest BCUT2D eigenvalue weighted by atomic mass is 16.7. The third-order valence-corrected chi connectivity index (χ3v) is 6.14. The molecule has 180 valence electrons. The lowest BCUT2D eigenvalue weighted by Gasteiger charge is -2.22. The van der Waals surface area contributed by atoms with Gasteiger partial charge in [-0.2, -0.15) is 5.48 Å². The van der Waals surface area contributed by atoms with Gasteiger partial charge in [-0.15, -0.1) is 0 Å². The Morgan fingerprint density at radius 1 is 0.848 bits per heavy atom. The molecule has 2 aromatic rings. The van der Waals surface area contributed by atoms with Gasteiger partial charge in [-0.25, -0.2) is 4.79 Å². The molecule has 1 amide bonds. The second-order valence-corrected chi connectivity index (χ2v) is 8.77. The minimum Gasteiger partial charge on any atom is -0.341 e. The number of carbonyl (C=O) groups is 2. The third-order valence-electron chi connectivity index (χ3n) is 6.14. The monoisotopic (exact) mass is 452 g/mol. The summed E-state index contributed by atoms with van der Waals surface area (Å²) >= 11 is 0. The van der Waals surface area contributed by atoms with E-state index in [-0.39, 0.29) is 25.7 Å². The van der Waals surface area contributed by atoms with Crippen LogP contribution < -0.4 is 10.8 Å².